The van der Waals surface area contributed by atoms with Crippen LogP contribution in [0.5, 0.6) is 0 Å². The molecule has 0 unspecified atom stereocenters. The molecule has 0 aliphatic heterocycles. The lowest BCUT2D eigenvalue weighted by molar-refractivity contribution is 1.02. The molecule has 0 saturated heterocycles. The molecule has 4 heteroatoms. The third-order valence-corrected chi connectivity index (χ3v) is 3.53. The maximum atomic E-state index is 5.72. The Morgan fingerprint density at radius 3 is 2.58 bits per heavy atom. The molecule has 0 amide bonds. The van der Waals surface area contributed by atoms with Gasteiger partial charge in [-0.05, 0) is 30.2 Å². The molecule has 2 rings (SSSR count). The molecule has 19 heavy (non-hydrogen) atoms. The van der Waals surface area contributed by atoms with Gasteiger partial charge in [0.25, 0.3) is 0 Å². The molecule has 0 radical (unpaired) electrons. The van der Waals surface area contributed by atoms with Crippen molar-refractivity contribution in [2.45, 2.75) is 6.42 Å². The molecular weight excluding hydrogens is 320 g/mol. The Morgan fingerprint density at radius 1 is 1.16 bits per heavy atom. The standard InChI is InChI=1S/C15H15BrN2S/c16-12-6-7-13(15(17)19)14(10-12)18-9-8-11-4-2-1-3-5-11/h1-7,10,18H,8-9H2,(H2,17,19). The SMILES string of the molecule is NC(=S)c1ccc(Br)cc1NCCc1ccccc1. The first-order chi connectivity index (χ1) is 9.16. The molecular formula is C15H15BrN2S. The van der Waals surface area contributed by atoms with Gasteiger partial charge < -0.3 is 11.1 Å². The van der Waals surface area contributed by atoms with E-state index in [-0.39, 0.29) is 0 Å². The molecule has 3 N–H and O–H groups in total. The predicted molar refractivity (Wildman–Crippen MR) is 88.7 cm³/mol. The Kier molecular flexibility index (Phi) is 4.93. The first kappa shape index (κ1) is 14.0. The van der Waals surface area contributed by atoms with Crippen molar-refractivity contribution in [1.82, 2.24) is 0 Å². The lowest BCUT2D eigenvalue weighted by Gasteiger charge is -2.11. The van der Waals surface area contributed by atoms with Crippen LogP contribution in [0.25, 0.3) is 0 Å². The van der Waals surface area contributed by atoms with Gasteiger partial charge in [0, 0.05) is 22.3 Å². The fourth-order valence-corrected chi connectivity index (χ4v) is 2.40. The van der Waals surface area contributed by atoms with E-state index in [2.05, 4.69) is 45.5 Å². The van der Waals surface area contributed by atoms with E-state index in [1.54, 1.807) is 0 Å². The summed E-state index contributed by atoms with van der Waals surface area (Å²) in [7, 11) is 0. The number of rotatable bonds is 5. The summed E-state index contributed by atoms with van der Waals surface area (Å²) < 4.78 is 1.01. The van der Waals surface area contributed by atoms with Crippen LogP contribution in [0.2, 0.25) is 0 Å². The maximum absolute atomic E-state index is 5.72. The summed E-state index contributed by atoms with van der Waals surface area (Å²) in [5.41, 5.74) is 8.88. The first-order valence-electron chi connectivity index (χ1n) is 6.04. The zero-order valence-electron chi connectivity index (χ0n) is 10.4. The second-order valence-corrected chi connectivity index (χ2v) is 5.57. The van der Waals surface area contributed by atoms with Gasteiger partial charge in [0.1, 0.15) is 4.99 Å². The van der Waals surface area contributed by atoms with Crippen molar-refractivity contribution in [3.8, 4) is 0 Å². The van der Waals surface area contributed by atoms with Gasteiger partial charge in [-0.1, -0.05) is 58.5 Å². The summed E-state index contributed by atoms with van der Waals surface area (Å²) in [6, 6.07) is 16.2. The van der Waals surface area contributed by atoms with Crippen molar-refractivity contribution < 1.29 is 0 Å². The average molecular weight is 335 g/mol. The topological polar surface area (TPSA) is 38.0 Å². The van der Waals surface area contributed by atoms with Crippen molar-refractivity contribution >= 4 is 38.8 Å². The van der Waals surface area contributed by atoms with Gasteiger partial charge >= 0.3 is 0 Å². The molecule has 2 aromatic rings. The molecule has 0 aliphatic rings. The smallest absolute Gasteiger partial charge is 0.106 e. The number of hydrogen-bond acceptors (Lipinski definition) is 2. The molecule has 0 heterocycles. The number of halogens is 1. The van der Waals surface area contributed by atoms with Crippen LogP contribution in [0.3, 0.4) is 0 Å². The van der Waals surface area contributed by atoms with E-state index in [9.17, 15) is 0 Å². The van der Waals surface area contributed by atoms with Crippen molar-refractivity contribution in [2.75, 3.05) is 11.9 Å². The highest BCUT2D eigenvalue weighted by Gasteiger charge is 2.05. The Morgan fingerprint density at radius 2 is 1.89 bits per heavy atom. The van der Waals surface area contributed by atoms with E-state index in [1.165, 1.54) is 5.56 Å². The molecule has 0 saturated carbocycles. The number of anilines is 1. The number of benzene rings is 2. The van der Waals surface area contributed by atoms with Gasteiger partial charge in [-0.2, -0.15) is 0 Å². The van der Waals surface area contributed by atoms with Crippen LogP contribution in [0.15, 0.2) is 53.0 Å². The lowest BCUT2D eigenvalue weighted by Crippen LogP contribution is -2.14. The van der Waals surface area contributed by atoms with Crippen molar-refractivity contribution in [3.05, 3.63) is 64.1 Å². The summed E-state index contributed by atoms with van der Waals surface area (Å²) in [4.78, 5) is 0.412. The molecule has 0 spiro atoms. The summed E-state index contributed by atoms with van der Waals surface area (Å²) in [5.74, 6) is 0. The monoisotopic (exact) mass is 334 g/mol. The summed E-state index contributed by atoms with van der Waals surface area (Å²) >= 11 is 8.52. The number of nitrogens with two attached hydrogens (primary N) is 1. The zero-order valence-corrected chi connectivity index (χ0v) is 12.8. The predicted octanol–water partition coefficient (Wildman–Crippen LogP) is 3.74. The Bertz CT molecular complexity index is 570. The third kappa shape index (κ3) is 4.04. The summed E-state index contributed by atoms with van der Waals surface area (Å²) in [6.07, 6.45) is 0.962. The second-order valence-electron chi connectivity index (χ2n) is 4.22. The van der Waals surface area contributed by atoms with Crippen molar-refractivity contribution in [1.29, 1.82) is 0 Å². The van der Waals surface area contributed by atoms with Crippen LogP contribution in [0.4, 0.5) is 5.69 Å². The fraction of sp³-hybridized carbons (Fsp3) is 0.133. The quantitative estimate of drug-likeness (QED) is 0.818. The van der Waals surface area contributed by atoms with E-state index in [0.29, 0.717) is 4.99 Å². The largest absolute Gasteiger partial charge is 0.389 e. The first-order valence-corrected chi connectivity index (χ1v) is 7.24. The van der Waals surface area contributed by atoms with Gasteiger partial charge in [-0.25, -0.2) is 0 Å². The maximum Gasteiger partial charge on any atom is 0.106 e. The molecule has 2 aromatic carbocycles. The van der Waals surface area contributed by atoms with Crippen LogP contribution in [0.1, 0.15) is 11.1 Å². The highest BCUT2D eigenvalue weighted by molar-refractivity contribution is 9.10. The summed E-state index contributed by atoms with van der Waals surface area (Å²) in [6.45, 7) is 0.843. The molecule has 2 nitrogen and oxygen atoms in total. The van der Waals surface area contributed by atoms with E-state index >= 15 is 0 Å². The van der Waals surface area contributed by atoms with Crippen molar-refractivity contribution in [2.24, 2.45) is 5.73 Å². The third-order valence-electron chi connectivity index (χ3n) is 2.82. The number of hydrogen-bond donors (Lipinski definition) is 2. The molecule has 0 aromatic heterocycles. The highest BCUT2D eigenvalue weighted by atomic mass is 79.9. The number of thiocarbonyl (C=S) groups is 1. The zero-order chi connectivity index (χ0) is 13.7. The van der Waals surface area contributed by atoms with Gasteiger partial charge in [0.15, 0.2) is 0 Å². The van der Waals surface area contributed by atoms with Crippen LogP contribution in [-0.4, -0.2) is 11.5 Å². The fourth-order valence-electron chi connectivity index (χ4n) is 1.86. The van der Waals surface area contributed by atoms with E-state index < -0.39 is 0 Å². The minimum atomic E-state index is 0.412. The minimum absolute atomic E-state index is 0.412. The van der Waals surface area contributed by atoms with Gasteiger partial charge in [0.2, 0.25) is 0 Å². The normalized spacial score (nSPS) is 10.2. The van der Waals surface area contributed by atoms with Crippen molar-refractivity contribution in [3.63, 3.8) is 0 Å². The Labute approximate surface area is 127 Å². The second kappa shape index (κ2) is 6.68. The van der Waals surface area contributed by atoms with Crippen LogP contribution in [-0.2, 0) is 6.42 Å². The summed E-state index contributed by atoms with van der Waals surface area (Å²) in [5, 5.41) is 3.39. The van der Waals surface area contributed by atoms with Crippen LogP contribution < -0.4 is 11.1 Å². The molecule has 98 valence electrons. The number of nitrogens with one attached hydrogen (secondary N) is 1. The van der Waals surface area contributed by atoms with Gasteiger partial charge in [-0.3, -0.25) is 0 Å². The molecule has 0 bridgehead atoms. The van der Waals surface area contributed by atoms with E-state index in [0.717, 1.165) is 28.7 Å². The average Bonchev–Trinajstić information content (AvgIpc) is 2.39. The Hall–Kier alpha value is -1.39. The van der Waals surface area contributed by atoms with Gasteiger partial charge in [0.05, 0.1) is 0 Å². The molecule has 0 atom stereocenters. The molecule has 0 fully saturated rings. The van der Waals surface area contributed by atoms with E-state index in [1.807, 2.05) is 24.3 Å². The highest BCUT2D eigenvalue weighted by Crippen LogP contribution is 2.21. The van der Waals surface area contributed by atoms with E-state index in [4.69, 9.17) is 18.0 Å². The van der Waals surface area contributed by atoms with Gasteiger partial charge in [-0.15, -0.1) is 0 Å². The molecule has 0 aliphatic carbocycles. The Balaban J connectivity index is 2.03. The minimum Gasteiger partial charge on any atom is -0.389 e. The van der Waals surface area contributed by atoms with Crippen LogP contribution >= 0.6 is 28.1 Å². The van der Waals surface area contributed by atoms with Crippen LogP contribution in [0, 0.1) is 0 Å². The lowest BCUT2D eigenvalue weighted by atomic mass is 10.1.